The van der Waals surface area contributed by atoms with Crippen LogP contribution in [0.4, 0.5) is 0 Å². The molecule has 0 amide bonds. The van der Waals surface area contributed by atoms with E-state index in [9.17, 15) is 0 Å². The van der Waals surface area contributed by atoms with Gasteiger partial charge in [-0.25, -0.2) is 0 Å². The maximum absolute atomic E-state index is 5.69. The van der Waals surface area contributed by atoms with Crippen molar-refractivity contribution in [3.8, 4) is 0 Å². The van der Waals surface area contributed by atoms with E-state index in [1.807, 2.05) is 6.26 Å². The van der Waals surface area contributed by atoms with E-state index in [-0.39, 0.29) is 0 Å². The highest BCUT2D eigenvalue weighted by Crippen LogP contribution is 2.21. The summed E-state index contributed by atoms with van der Waals surface area (Å²) in [7, 11) is 0. The van der Waals surface area contributed by atoms with E-state index in [4.69, 9.17) is 4.42 Å². The van der Waals surface area contributed by atoms with Crippen LogP contribution in [-0.4, -0.2) is 24.0 Å². The van der Waals surface area contributed by atoms with Crippen molar-refractivity contribution >= 4 is 0 Å². The number of nitrogens with one attached hydrogen (secondary N) is 1. The van der Waals surface area contributed by atoms with Crippen molar-refractivity contribution in [3.05, 3.63) is 23.7 Å². The van der Waals surface area contributed by atoms with E-state index in [0.717, 1.165) is 25.4 Å². The van der Waals surface area contributed by atoms with Gasteiger partial charge in [0.25, 0.3) is 0 Å². The maximum atomic E-state index is 5.69. The molecule has 0 bridgehead atoms. The number of likely N-dealkylation sites (tertiary alicyclic amines) is 1. The summed E-state index contributed by atoms with van der Waals surface area (Å²) in [6, 6.07) is 2.80. The number of hydrogen-bond acceptors (Lipinski definition) is 3. The lowest BCUT2D eigenvalue weighted by atomic mass is 10.0. The maximum Gasteiger partial charge on any atom is 0.122 e. The van der Waals surface area contributed by atoms with E-state index < -0.39 is 0 Å². The van der Waals surface area contributed by atoms with Gasteiger partial charge in [0.1, 0.15) is 5.76 Å². The largest absolute Gasteiger partial charge is 0.468 e. The third-order valence-electron chi connectivity index (χ3n) is 3.99. The Morgan fingerprint density at radius 2 is 2.26 bits per heavy atom. The van der Waals surface area contributed by atoms with Gasteiger partial charge in [0.15, 0.2) is 0 Å². The minimum absolute atomic E-state index is 0.690. The predicted octanol–water partition coefficient (Wildman–Crippen LogP) is 3.40. The van der Waals surface area contributed by atoms with Gasteiger partial charge in [-0.15, -0.1) is 0 Å². The molecular weight excluding hydrogens is 236 g/mol. The van der Waals surface area contributed by atoms with Crippen LogP contribution < -0.4 is 5.32 Å². The third kappa shape index (κ3) is 4.36. The first kappa shape index (κ1) is 14.6. The molecule has 0 saturated carbocycles. The minimum Gasteiger partial charge on any atom is -0.468 e. The van der Waals surface area contributed by atoms with Crippen molar-refractivity contribution in [2.75, 3.05) is 13.1 Å². The van der Waals surface area contributed by atoms with E-state index in [1.165, 1.54) is 31.4 Å². The van der Waals surface area contributed by atoms with Crippen LogP contribution in [0.25, 0.3) is 0 Å². The van der Waals surface area contributed by atoms with Crippen molar-refractivity contribution in [3.63, 3.8) is 0 Å². The quantitative estimate of drug-likeness (QED) is 0.853. The van der Waals surface area contributed by atoms with E-state index in [2.05, 4.69) is 37.1 Å². The van der Waals surface area contributed by atoms with Crippen molar-refractivity contribution in [2.45, 2.75) is 59.2 Å². The molecule has 108 valence electrons. The molecule has 3 nitrogen and oxygen atoms in total. The lowest BCUT2D eigenvalue weighted by Crippen LogP contribution is -2.37. The van der Waals surface area contributed by atoms with Crippen LogP contribution in [0.1, 0.15) is 51.4 Å². The van der Waals surface area contributed by atoms with Gasteiger partial charge in [0.05, 0.1) is 12.8 Å². The van der Waals surface area contributed by atoms with Crippen LogP contribution in [0.2, 0.25) is 0 Å². The van der Waals surface area contributed by atoms with Crippen molar-refractivity contribution in [1.82, 2.24) is 10.2 Å². The molecule has 1 aliphatic heterocycles. The standard InChI is InChI=1S/C16H28N2O/c1-13(2)10-17-11-15-7-9-19-16(15)12-18-8-5-4-6-14(18)3/h7,9,13-14,17H,4-6,8,10-12H2,1-3H3. The number of nitrogens with zero attached hydrogens (tertiary/aromatic N) is 1. The van der Waals surface area contributed by atoms with Gasteiger partial charge >= 0.3 is 0 Å². The monoisotopic (exact) mass is 264 g/mol. The van der Waals surface area contributed by atoms with Crippen LogP contribution in [0, 0.1) is 5.92 Å². The van der Waals surface area contributed by atoms with Gasteiger partial charge in [-0.3, -0.25) is 4.90 Å². The molecule has 1 N–H and O–H groups in total. The summed E-state index contributed by atoms with van der Waals surface area (Å²) < 4.78 is 5.69. The van der Waals surface area contributed by atoms with E-state index >= 15 is 0 Å². The summed E-state index contributed by atoms with van der Waals surface area (Å²) in [5, 5.41) is 3.50. The molecule has 3 heteroatoms. The molecule has 1 atom stereocenters. The molecule has 2 heterocycles. The van der Waals surface area contributed by atoms with Crippen LogP contribution in [-0.2, 0) is 13.1 Å². The zero-order valence-corrected chi connectivity index (χ0v) is 12.6. The van der Waals surface area contributed by atoms with Gasteiger partial charge in [-0.1, -0.05) is 20.3 Å². The Bertz CT molecular complexity index is 373. The van der Waals surface area contributed by atoms with Crippen molar-refractivity contribution in [1.29, 1.82) is 0 Å². The first-order valence-electron chi connectivity index (χ1n) is 7.67. The first-order valence-corrected chi connectivity index (χ1v) is 7.67. The number of rotatable bonds is 6. The summed E-state index contributed by atoms with van der Waals surface area (Å²) in [4.78, 5) is 2.55. The average molecular weight is 264 g/mol. The molecule has 0 radical (unpaired) electrons. The topological polar surface area (TPSA) is 28.4 Å². The van der Waals surface area contributed by atoms with Crippen LogP contribution in [0.3, 0.4) is 0 Å². The Morgan fingerprint density at radius 3 is 3.00 bits per heavy atom. The SMILES string of the molecule is CC(C)CNCc1ccoc1CN1CCCCC1C. The molecular formula is C16H28N2O. The Labute approximate surface area is 117 Å². The molecule has 1 aromatic heterocycles. The van der Waals surface area contributed by atoms with E-state index in [1.54, 1.807) is 0 Å². The van der Waals surface area contributed by atoms with Crippen LogP contribution in [0.5, 0.6) is 0 Å². The third-order valence-corrected chi connectivity index (χ3v) is 3.99. The molecule has 1 aromatic rings. The Kier molecular flexibility index (Phi) is 5.46. The normalized spacial score (nSPS) is 21.2. The Hall–Kier alpha value is -0.800. The number of hydrogen-bond donors (Lipinski definition) is 1. The van der Waals surface area contributed by atoms with Crippen LogP contribution in [0.15, 0.2) is 16.7 Å². The van der Waals surface area contributed by atoms with E-state index in [0.29, 0.717) is 12.0 Å². The van der Waals surface area contributed by atoms with Gasteiger partial charge in [-0.05, 0) is 44.8 Å². The highest BCUT2D eigenvalue weighted by molar-refractivity contribution is 5.17. The fraction of sp³-hybridized carbons (Fsp3) is 0.750. The fourth-order valence-corrected chi connectivity index (χ4v) is 2.74. The smallest absolute Gasteiger partial charge is 0.122 e. The minimum atomic E-state index is 0.690. The van der Waals surface area contributed by atoms with Crippen molar-refractivity contribution < 1.29 is 4.42 Å². The average Bonchev–Trinajstić information content (AvgIpc) is 2.79. The zero-order chi connectivity index (χ0) is 13.7. The first-order chi connectivity index (χ1) is 9.16. The summed E-state index contributed by atoms with van der Waals surface area (Å²) in [5.74, 6) is 1.84. The zero-order valence-electron chi connectivity index (χ0n) is 12.6. The Morgan fingerprint density at radius 1 is 1.42 bits per heavy atom. The lowest BCUT2D eigenvalue weighted by Gasteiger charge is -2.32. The van der Waals surface area contributed by atoms with Gasteiger partial charge in [0, 0.05) is 18.2 Å². The summed E-state index contributed by atoms with van der Waals surface area (Å²) >= 11 is 0. The molecule has 1 unspecified atom stereocenters. The highest BCUT2D eigenvalue weighted by atomic mass is 16.3. The van der Waals surface area contributed by atoms with Gasteiger partial charge in [0.2, 0.25) is 0 Å². The van der Waals surface area contributed by atoms with Gasteiger partial charge in [-0.2, -0.15) is 0 Å². The second-order valence-electron chi connectivity index (χ2n) is 6.21. The fourth-order valence-electron chi connectivity index (χ4n) is 2.74. The molecule has 2 rings (SSSR count). The van der Waals surface area contributed by atoms with Crippen molar-refractivity contribution in [2.24, 2.45) is 5.92 Å². The number of furan rings is 1. The second-order valence-corrected chi connectivity index (χ2v) is 6.21. The molecule has 0 aliphatic carbocycles. The highest BCUT2D eigenvalue weighted by Gasteiger charge is 2.20. The second kappa shape index (κ2) is 7.11. The Balaban J connectivity index is 1.87. The molecule has 0 spiro atoms. The van der Waals surface area contributed by atoms with Crippen LogP contribution >= 0.6 is 0 Å². The molecule has 1 saturated heterocycles. The molecule has 19 heavy (non-hydrogen) atoms. The summed E-state index contributed by atoms with van der Waals surface area (Å²) in [6.45, 7) is 11.0. The van der Waals surface area contributed by atoms with Gasteiger partial charge < -0.3 is 9.73 Å². The molecule has 0 aromatic carbocycles. The summed E-state index contributed by atoms with van der Waals surface area (Å²) in [6.07, 6.45) is 5.85. The lowest BCUT2D eigenvalue weighted by molar-refractivity contribution is 0.141. The predicted molar refractivity (Wildman–Crippen MR) is 79.0 cm³/mol. The molecule has 1 fully saturated rings. The number of piperidine rings is 1. The molecule has 1 aliphatic rings. The summed E-state index contributed by atoms with van der Waals surface area (Å²) in [5.41, 5.74) is 1.32.